The van der Waals surface area contributed by atoms with Crippen molar-refractivity contribution in [2.45, 2.75) is 26.3 Å². The number of pyridine rings is 1. The first kappa shape index (κ1) is 12.5. The molecule has 0 saturated heterocycles. The van der Waals surface area contributed by atoms with Gasteiger partial charge in [0.1, 0.15) is 12.4 Å². The van der Waals surface area contributed by atoms with Gasteiger partial charge in [0.2, 0.25) is 5.89 Å². The highest BCUT2D eigenvalue weighted by Gasteiger charge is 2.18. The van der Waals surface area contributed by atoms with Crippen molar-refractivity contribution in [2.75, 3.05) is 0 Å². The van der Waals surface area contributed by atoms with Gasteiger partial charge in [-0.3, -0.25) is 9.36 Å². The van der Waals surface area contributed by atoms with Crippen LogP contribution in [0.15, 0.2) is 34.0 Å². The normalized spacial score (nSPS) is 12.7. The lowest BCUT2D eigenvalue weighted by Gasteiger charge is -2.10. The molecule has 0 bridgehead atoms. The van der Waals surface area contributed by atoms with Crippen molar-refractivity contribution in [3.63, 3.8) is 0 Å². The minimum Gasteiger partial charge on any atom is -0.337 e. The summed E-state index contributed by atoms with van der Waals surface area (Å²) in [6.07, 6.45) is 3.75. The summed E-state index contributed by atoms with van der Waals surface area (Å²) in [7, 11) is 0. The Balaban J connectivity index is 2.09. The Hall–Kier alpha value is -2.57. The Morgan fingerprint density at radius 2 is 2.25 bits per heavy atom. The molecule has 7 heteroatoms. The molecule has 0 fully saturated rings. The lowest BCUT2D eigenvalue weighted by molar-refractivity contribution is 0.339. The third-order valence-electron chi connectivity index (χ3n) is 3.13. The largest absolute Gasteiger partial charge is 0.337 e. The van der Waals surface area contributed by atoms with Crippen molar-refractivity contribution in [3.8, 4) is 0 Å². The molecule has 0 radical (unpaired) electrons. The molecular formula is C13H13N5O2. The standard InChI is InChI=1S/C13H13N5O2/c1-3-10-16-12(20-17-10)8(2)18-7-15-11-9(13(18)19)5-4-6-14-11/h4-8H,3H2,1-2H3/t8-/m0/s1. The zero-order valence-electron chi connectivity index (χ0n) is 11.1. The number of rotatable bonds is 3. The molecule has 3 aromatic heterocycles. The quantitative estimate of drug-likeness (QED) is 0.714. The smallest absolute Gasteiger partial charge is 0.263 e. The molecule has 3 aromatic rings. The van der Waals surface area contributed by atoms with Crippen molar-refractivity contribution in [3.05, 3.63) is 46.7 Å². The Kier molecular flexibility index (Phi) is 3.02. The first-order valence-corrected chi connectivity index (χ1v) is 6.35. The lowest BCUT2D eigenvalue weighted by atomic mass is 10.3. The van der Waals surface area contributed by atoms with E-state index in [9.17, 15) is 4.79 Å². The molecule has 0 unspecified atom stereocenters. The molecule has 0 spiro atoms. The number of fused-ring (bicyclic) bond motifs is 1. The summed E-state index contributed by atoms with van der Waals surface area (Å²) in [6, 6.07) is 3.04. The van der Waals surface area contributed by atoms with Gasteiger partial charge in [-0.25, -0.2) is 9.97 Å². The molecule has 0 N–H and O–H groups in total. The summed E-state index contributed by atoms with van der Waals surface area (Å²) in [6.45, 7) is 3.76. The van der Waals surface area contributed by atoms with Crippen molar-refractivity contribution in [1.29, 1.82) is 0 Å². The van der Waals surface area contributed by atoms with Crippen LogP contribution in [0.3, 0.4) is 0 Å². The Bertz CT molecular complexity index is 808. The third-order valence-corrected chi connectivity index (χ3v) is 3.13. The molecule has 7 nitrogen and oxygen atoms in total. The van der Waals surface area contributed by atoms with Gasteiger partial charge in [-0.15, -0.1) is 0 Å². The average molecular weight is 271 g/mol. The minimum atomic E-state index is -0.368. The monoisotopic (exact) mass is 271 g/mol. The summed E-state index contributed by atoms with van der Waals surface area (Å²) < 4.78 is 6.64. The van der Waals surface area contributed by atoms with E-state index in [1.54, 1.807) is 18.3 Å². The number of aryl methyl sites for hydroxylation is 1. The van der Waals surface area contributed by atoms with Crippen molar-refractivity contribution < 1.29 is 4.52 Å². The Morgan fingerprint density at radius 3 is 3.00 bits per heavy atom. The second kappa shape index (κ2) is 4.84. The summed E-state index contributed by atoms with van der Waals surface area (Å²) in [5, 5.41) is 4.31. The highest BCUT2D eigenvalue weighted by Crippen LogP contribution is 2.14. The van der Waals surface area contributed by atoms with Gasteiger partial charge in [0.05, 0.1) is 5.39 Å². The van der Waals surface area contributed by atoms with Crippen LogP contribution >= 0.6 is 0 Å². The molecule has 0 aliphatic carbocycles. The van der Waals surface area contributed by atoms with Crippen LogP contribution in [0.25, 0.3) is 11.0 Å². The van der Waals surface area contributed by atoms with Crippen LogP contribution < -0.4 is 5.56 Å². The predicted molar refractivity (Wildman–Crippen MR) is 71.3 cm³/mol. The van der Waals surface area contributed by atoms with E-state index in [1.807, 2.05) is 13.8 Å². The molecule has 3 rings (SSSR count). The van der Waals surface area contributed by atoms with Crippen LogP contribution in [0, 0.1) is 0 Å². The Labute approximate surface area is 114 Å². The maximum absolute atomic E-state index is 12.4. The maximum Gasteiger partial charge on any atom is 0.263 e. The molecule has 3 heterocycles. The van der Waals surface area contributed by atoms with Gasteiger partial charge in [-0.2, -0.15) is 4.98 Å². The SMILES string of the molecule is CCc1noc([C@H](C)n2cnc3ncccc3c2=O)n1. The van der Waals surface area contributed by atoms with E-state index in [1.165, 1.54) is 10.9 Å². The van der Waals surface area contributed by atoms with E-state index in [0.717, 1.165) is 0 Å². The molecule has 102 valence electrons. The van der Waals surface area contributed by atoms with Crippen molar-refractivity contribution >= 4 is 11.0 Å². The second-order valence-electron chi connectivity index (χ2n) is 4.41. The molecule has 0 saturated carbocycles. The van der Waals surface area contributed by atoms with Crippen molar-refractivity contribution in [1.82, 2.24) is 24.7 Å². The van der Waals surface area contributed by atoms with E-state index >= 15 is 0 Å². The summed E-state index contributed by atoms with van der Waals surface area (Å²) in [5.74, 6) is 1.02. The molecule has 20 heavy (non-hydrogen) atoms. The topological polar surface area (TPSA) is 86.7 Å². The highest BCUT2D eigenvalue weighted by atomic mass is 16.5. The highest BCUT2D eigenvalue weighted by molar-refractivity contribution is 5.72. The minimum absolute atomic E-state index is 0.174. The van der Waals surface area contributed by atoms with Crippen LogP contribution in [0.2, 0.25) is 0 Å². The zero-order valence-corrected chi connectivity index (χ0v) is 11.1. The third kappa shape index (κ3) is 1.97. The summed E-state index contributed by atoms with van der Waals surface area (Å²) >= 11 is 0. The van der Waals surface area contributed by atoms with Crippen molar-refractivity contribution in [2.24, 2.45) is 0 Å². The van der Waals surface area contributed by atoms with Gasteiger partial charge in [-0.05, 0) is 19.1 Å². The van der Waals surface area contributed by atoms with Gasteiger partial charge in [0.15, 0.2) is 11.5 Å². The molecule has 0 aliphatic heterocycles. The fourth-order valence-corrected chi connectivity index (χ4v) is 1.95. The fraction of sp³-hybridized carbons (Fsp3) is 0.308. The fourth-order valence-electron chi connectivity index (χ4n) is 1.95. The van der Waals surface area contributed by atoms with E-state index < -0.39 is 0 Å². The molecule has 0 amide bonds. The number of hydrogen-bond donors (Lipinski definition) is 0. The Morgan fingerprint density at radius 1 is 1.40 bits per heavy atom. The first-order valence-electron chi connectivity index (χ1n) is 6.35. The zero-order chi connectivity index (χ0) is 14.1. The number of aromatic nitrogens is 5. The van der Waals surface area contributed by atoms with Gasteiger partial charge in [-0.1, -0.05) is 12.1 Å². The second-order valence-corrected chi connectivity index (χ2v) is 4.41. The van der Waals surface area contributed by atoms with Crippen LogP contribution in [-0.2, 0) is 6.42 Å². The van der Waals surface area contributed by atoms with Gasteiger partial charge in [0, 0.05) is 12.6 Å². The first-order chi connectivity index (χ1) is 9.70. The van der Waals surface area contributed by atoms with E-state index in [2.05, 4.69) is 20.1 Å². The van der Waals surface area contributed by atoms with E-state index in [-0.39, 0.29) is 11.6 Å². The predicted octanol–water partition coefficient (Wildman–Crippen LogP) is 1.35. The van der Waals surface area contributed by atoms with Crippen LogP contribution in [0.1, 0.15) is 31.6 Å². The van der Waals surface area contributed by atoms with Gasteiger partial charge < -0.3 is 4.52 Å². The van der Waals surface area contributed by atoms with Crippen LogP contribution in [0.5, 0.6) is 0 Å². The molecule has 1 atom stereocenters. The summed E-state index contributed by atoms with van der Waals surface area (Å²) in [4.78, 5) is 24.9. The number of nitrogens with zero attached hydrogens (tertiary/aromatic N) is 5. The molecular weight excluding hydrogens is 258 g/mol. The number of hydrogen-bond acceptors (Lipinski definition) is 6. The summed E-state index contributed by atoms with van der Waals surface area (Å²) in [5.41, 5.74) is 0.257. The van der Waals surface area contributed by atoms with Crippen LogP contribution in [-0.4, -0.2) is 24.7 Å². The lowest BCUT2D eigenvalue weighted by Crippen LogP contribution is -2.24. The van der Waals surface area contributed by atoms with Gasteiger partial charge >= 0.3 is 0 Å². The molecule has 0 aliphatic rings. The molecule has 0 aromatic carbocycles. The van der Waals surface area contributed by atoms with Gasteiger partial charge in [0.25, 0.3) is 5.56 Å². The van der Waals surface area contributed by atoms with E-state index in [0.29, 0.717) is 29.2 Å². The van der Waals surface area contributed by atoms with E-state index in [4.69, 9.17) is 4.52 Å². The maximum atomic E-state index is 12.4. The van der Waals surface area contributed by atoms with Crippen LogP contribution in [0.4, 0.5) is 0 Å². The average Bonchev–Trinajstić information content (AvgIpc) is 2.96.